The quantitative estimate of drug-likeness (QED) is 0.178. The topological polar surface area (TPSA) is 71.1 Å². The average molecular weight is 485 g/mol. The van der Waals surface area contributed by atoms with Gasteiger partial charge in [-0.3, -0.25) is 0 Å². The summed E-state index contributed by atoms with van der Waals surface area (Å²) in [6, 6.07) is 13.8. The highest BCUT2D eigenvalue weighted by Crippen LogP contribution is 2.16. The summed E-state index contributed by atoms with van der Waals surface area (Å²) in [7, 11) is 0. The molecule has 0 aromatic heterocycles. The molecule has 2 rings (SSSR count). The van der Waals surface area contributed by atoms with Crippen LogP contribution in [0.1, 0.15) is 92.9 Å². The standard InChI is InChI=1S/C29H40O6/c1-4-6-8-10-20-32-26-16-12-24(13-17-26)28(30)34-22-23(3)35-29(31)25-14-18-27(19-15-25)33-21-11-9-7-5-2/h12-19,23H,4-11,20-22H2,1-3H3. The predicted molar refractivity (Wildman–Crippen MR) is 137 cm³/mol. The fraction of sp³-hybridized carbons (Fsp3) is 0.517. The van der Waals surface area contributed by atoms with Gasteiger partial charge in [0.1, 0.15) is 24.2 Å². The van der Waals surface area contributed by atoms with Crippen LogP contribution in [0.3, 0.4) is 0 Å². The van der Waals surface area contributed by atoms with E-state index < -0.39 is 18.0 Å². The Kier molecular flexibility index (Phi) is 13.4. The van der Waals surface area contributed by atoms with Gasteiger partial charge in [0.2, 0.25) is 0 Å². The van der Waals surface area contributed by atoms with Gasteiger partial charge < -0.3 is 18.9 Å². The lowest BCUT2D eigenvalue weighted by molar-refractivity contribution is 0.00447. The summed E-state index contributed by atoms with van der Waals surface area (Å²) in [6.07, 6.45) is 8.57. The molecule has 0 N–H and O–H groups in total. The number of carbonyl (C=O) groups excluding carboxylic acids is 2. The number of benzene rings is 2. The second-order valence-electron chi connectivity index (χ2n) is 8.68. The van der Waals surface area contributed by atoms with E-state index >= 15 is 0 Å². The zero-order valence-corrected chi connectivity index (χ0v) is 21.4. The molecule has 0 bridgehead atoms. The molecule has 35 heavy (non-hydrogen) atoms. The molecule has 6 nitrogen and oxygen atoms in total. The Bertz CT molecular complexity index is 860. The van der Waals surface area contributed by atoms with Crippen molar-refractivity contribution >= 4 is 11.9 Å². The third kappa shape index (κ3) is 11.3. The molecule has 0 spiro atoms. The fourth-order valence-electron chi connectivity index (χ4n) is 3.37. The normalized spacial score (nSPS) is 11.5. The van der Waals surface area contributed by atoms with Gasteiger partial charge in [-0.15, -0.1) is 0 Å². The molecule has 0 aliphatic rings. The second kappa shape index (κ2) is 16.6. The molecule has 0 aliphatic heterocycles. The molecule has 0 amide bonds. The number of hydrogen-bond acceptors (Lipinski definition) is 6. The first kappa shape index (κ1) is 28.2. The maximum absolute atomic E-state index is 12.4. The molecule has 0 fully saturated rings. The highest BCUT2D eigenvalue weighted by Gasteiger charge is 2.15. The Morgan fingerprint density at radius 2 is 1.11 bits per heavy atom. The van der Waals surface area contributed by atoms with Gasteiger partial charge in [-0.2, -0.15) is 0 Å². The van der Waals surface area contributed by atoms with E-state index in [1.807, 2.05) is 0 Å². The predicted octanol–water partition coefficient (Wildman–Crippen LogP) is 7.01. The lowest BCUT2D eigenvalue weighted by Gasteiger charge is -2.14. The number of unbranched alkanes of at least 4 members (excludes halogenated alkanes) is 6. The Hall–Kier alpha value is -3.02. The van der Waals surface area contributed by atoms with E-state index in [0.717, 1.165) is 37.2 Å². The van der Waals surface area contributed by atoms with E-state index in [2.05, 4.69) is 13.8 Å². The summed E-state index contributed by atoms with van der Waals surface area (Å²) in [5.41, 5.74) is 0.846. The zero-order valence-electron chi connectivity index (χ0n) is 21.4. The highest BCUT2D eigenvalue weighted by atomic mass is 16.6. The number of hydrogen-bond donors (Lipinski definition) is 0. The van der Waals surface area contributed by atoms with Gasteiger partial charge in [0.25, 0.3) is 0 Å². The number of esters is 2. The van der Waals surface area contributed by atoms with Crippen LogP contribution in [0.15, 0.2) is 48.5 Å². The Balaban J connectivity index is 1.69. The minimum Gasteiger partial charge on any atom is -0.494 e. The van der Waals surface area contributed by atoms with Crippen molar-refractivity contribution in [3.05, 3.63) is 59.7 Å². The zero-order chi connectivity index (χ0) is 25.3. The third-order valence-electron chi connectivity index (χ3n) is 5.47. The van der Waals surface area contributed by atoms with Crippen LogP contribution in [0.5, 0.6) is 11.5 Å². The molecule has 2 aromatic rings. The molecule has 0 radical (unpaired) electrons. The number of ether oxygens (including phenoxy) is 4. The summed E-state index contributed by atoms with van der Waals surface area (Å²) in [5.74, 6) is 0.521. The molecule has 0 aliphatic carbocycles. The fourth-order valence-corrected chi connectivity index (χ4v) is 3.37. The second-order valence-corrected chi connectivity index (χ2v) is 8.68. The molecule has 192 valence electrons. The Morgan fingerprint density at radius 1 is 0.657 bits per heavy atom. The molecule has 6 heteroatoms. The number of rotatable bonds is 17. The molecule has 0 heterocycles. The van der Waals surface area contributed by atoms with Gasteiger partial charge in [-0.05, 0) is 68.3 Å². The van der Waals surface area contributed by atoms with Crippen LogP contribution in [0.4, 0.5) is 0 Å². The average Bonchev–Trinajstić information content (AvgIpc) is 2.87. The third-order valence-corrected chi connectivity index (χ3v) is 5.47. The Labute approximate surface area is 209 Å². The van der Waals surface area contributed by atoms with Gasteiger partial charge in [-0.25, -0.2) is 9.59 Å². The summed E-state index contributed by atoms with van der Waals surface area (Å²) in [5, 5.41) is 0. The van der Waals surface area contributed by atoms with Crippen molar-refractivity contribution in [3.63, 3.8) is 0 Å². The van der Waals surface area contributed by atoms with Crippen molar-refractivity contribution in [1.29, 1.82) is 0 Å². The van der Waals surface area contributed by atoms with Crippen molar-refractivity contribution in [2.24, 2.45) is 0 Å². The van der Waals surface area contributed by atoms with Crippen molar-refractivity contribution in [2.75, 3.05) is 19.8 Å². The molecule has 2 aromatic carbocycles. The number of carbonyl (C=O) groups is 2. The summed E-state index contributed by atoms with van der Waals surface area (Å²) in [4.78, 5) is 24.7. The smallest absolute Gasteiger partial charge is 0.338 e. The van der Waals surface area contributed by atoms with Crippen LogP contribution in [0.2, 0.25) is 0 Å². The van der Waals surface area contributed by atoms with E-state index in [1.54, 1.807) is 55.5 Å². The largest absolute Gasteiger partial charge is 0.494 e. The molecule has 0 saturated heterocycles. The maximum Gasteiger partial charge on any atom is 0.338 e. The Morgan fingerprint density at radius 3 is 1.57 bits per heavy atom. The first-order valence-electron chi connectivity index (χ1n) is 12.9. The van der Waals surface area contributed by atoms with Gasteiger partial charge in [0.05, 0.1) is 24.3 Å². The molecule has 0 saturated carbocycles. The van der Waals surface area contributed by atoms with E-state index in [1.165, 1.54) is 25.7 Å². The van der Waals surface area contributed by atoms with Crippen LogP contribution in [0.25, 0.3) is 0 Å². The van der Waals surface area contributed by atoms with Crippen LogP contribution in [-0.2, 0) is 9.47 Å². The maximum atomic E-state index is 12.4. The summed E-state index contributed by atoms with van der Waals surface area (Å²) < 4.78 is 22.1. The lowest BCUT2D eigenvalue weighted by Crippen LogP contribution is -2.22. The van der Waals surface area contributed by atoms with Crippen LogP contribution < -0.4 is 9.47 Å². The minimum absolute atomic E-state index is 0.0286. The molecular weight excluding hydrogens is 444 g/mol. The van der Waals surface area contributed by atoms with Gasteiger partial charge in [0, 0.05) is 0 Å². The molecule has 1 unspecified atom stereocenters. The van der Waals surface area contributed by atoms with Crippen LogP contribution in [-0.4, -0.2) is 37.9 Å². The van der Waals surface area contributed by atoms with Gasteiger partial charge >= 0.3 is 11.9 Å². The van der Waals surface area contributed by atoms with Crippen molar-refractivity contribution in [1.82, 2.24) is 0 Å². The van der Waals surface area contributed by atoms with Crippen molar-refractivity contribution in [2.45, 2.75) is 78.2 Å². The van der Waals surface area contributed by atoms with E-state index in [4.69, 9.17) is 18.9 Å². The van der Waals surface area contributed by atoms with E-state index in [-0.39, 0.29) is 6.61 Å². The van der Waals surface area contributed by atoms with Crippen molar-refractivity contribution < 1.29 is 28.5 Å². The minimum atomic E-state index is -0.577. The lowest BCUT2D eigenvalue weighted by atomic mass is 10.2. The van der Waals surface area contributed by atoms with Gasteiger partial charge in [-0.1, -0.05) is 52.4 Å². The molecular formula is C29H40O6. The van der Waals surface area contributed by atoms with Crippen LogP contribution in [0, 0.1) is 0 Å². The summed E-state index contributed by atoms with van der Waals surface area (Å²) >= 11 is 0. The summed E-state index contributed by atoms with van der Waals surface area (Å²) in [6.45, 7) is 7.35. The van der Waals surface area contributed by atoms with Gasteiger partial charge in [0.15, 0.2) is 0 Å². The SMILES string of the molecule is CCCCCCOc1ccc(C(=O)OCC(C)OC(=O)c2ccc(OCCCCCC)cc2)cc1. The first-order valence-corrected chi connectivity index (χ1v) is 12.9. The monoisotopic (exact) mass is 484 g/mol. The first-order chi connectivity index (χ1) is 17.0. The van der Waals surface area contributed by atoms with E-state index in [0.29, 0.717) is 24.3 Å². The highest BCUT2D eigenvalue weighted by molar-refractivity contribution is 5.90. The van der Waals surface area contributed by atoms with E-state index in [9.17, 15) is 9.59 Å². The molecule has 1 atom stereocenters. The van der Waals surface area contributed by atoms with Crippen LogP contribution >= 0.6 is 0 Å². The van der Waals surface area contributed by atoms with Crippen molar-refractivity contribution in [3.8, 4) is 11.5 Å².